The van der Waals surface area contributed by atoms with Gasteiger partial charge in [-0.2, -0.15) is 4.57 Å². The Balaban J connectivity index is 1.99. The van der Waals surface area contributed by atoms with Crippen molar-refractivity contribution < 1.29 is 4.57 Å². The zero-order chi connectivity index (χ0) is 24.2. The highest BCUT2D eigenvalue weighted by Gasteiger charge is 2.62. The first-order chi connectivity index (χ1) is 15.5. The summed E-state index contributed by atoms with van der Waals surface area (Å²) in [6, 6.07) is 9.12. The molecular formula is C31H45N2+. The Kier molecular flexibility index (Phi) is 5.91. The van der Waals surface area contributed by atoms with Crippen molar-refractivity contribution in [3.63, 3.8) is 0 Å². The first-order valence-electron chi connectivity index (χ1n) is 13.3. The molecule has 178 valence electrons. The van der Waals surface area contributed by atoms with Crippen molar-refractivity contribution in [3.05, 3.63) is 59.2 Å². The minimum atomic E-state index is -0.0288. The molecule has 1 aliphatic carbocycles. The second kappa shape index (κ2) is 8.07. The van der Waals surface area contributed by atoms with Gasteiger partial charge >= 0.3 is 0 Å². The summed E-state index contributed by atoms with van der Waals surface area (Å²) in [4.78, 5) is 5.15. The number of nitrogens with zero attached hydrogens (tertiary/aromatic N) is 2. The average Bonchev–Trinajstić information content (AvgIpc) is 3.05. The van der Waals surface area contributed by atoms with Gasteiger partial charge in [0.05, 0.1) is 11.6 Å². The van der Waals surface area contributed by atoms with Crippen LogP contribution in [0.15, 0.2) is 36.7 Å². The fourth-order valence-electron chi connectivity index (χ4n) is 6.81. The van der Waals surface area contributed by atoms with Crippen molar-refractivity contribution in [3.8, 4) is 0 Å². The molecule has 0 amide bonds. The molecule has 2 aliphatic rings. The van der Waals surface area contributed by atoms with Crippen molar-refractivity contribution in [2.45, 2.75) is 117 Å². The third-order valence-corrected chi connectivity index (χ3v) is 9.60. The largest absolute Gasteiger partial charge is 0.248 e. The zero-order valence-electron chi connectivity index (χ0n) is 22.6. The molecule has 0 radical (unpaired) electrons. The molecule has 0 fully saturated rings. The predicted octanol–water partition coefficient (Wildman–Crippen LogP) is 7.98. The number of unbranched alkanes of at least 4 members (excludes halogenated alkanes) is 2. The van der Waals surface area contributed by atoms with Crippen LogP contribution in [0.5, 0.6) is 0 Å². The topological polar surface area (TPSA) is 16.8 Å². The van der Waals surface area contributed by atoms with Gasteiger partial charge in [-0.05, 0) is 36.5 Å². The van der Waals surface area contributed by atoms with Crippen LogP contribution in [0.2, 0.25) is 0 Å². The summed E-state index contributed by atoms with van der Waals surface area (Å²) in [5.74, 6) is 0. The number of aromatic nitrogens is 2. The summed E-state index contributed by atoms with van der Waals surface area (Å²) in [7, 11) is 0. The molecule has 2 heterocycles. The Hall–Kier alpha value is -1.96. The van der Waals surface area contributed by atoms with E-state index >= 15 is 0 Å². The summed E-state index contributed by atoms with van der Waals surface area (Å²) in [6.07, 6.45) is 11.9. The molecule has 0 spiro atoms. The number of allylic oxidation sites excluding steroid dienone is 2. The summed E-state index contributed by atoms with van der Waals surface area (Å²) < 4.78 is 2.65. The summed E-state index contributed by atoms with van der Waals surface area (Å²) >= 11 is 0. The summed E-state index contributed by atoms with van der Waals surface area (Å²) in [6.45, 7) is 21.6. The molecule has 4 rings (SSSR count). The zero-order valence-corrected chi connectivity index (χ0v) is 22.6. The number of hydrogen-bond donors (Lipinski definition) is 0. The van der Waals surface area contributed by atoms with Crippen LogP contribution >= 0.6 is 0 Å². The average molecular weight is 446 g/mol. The quantitative estimate of drug-likeness (QED) is 0.312. The number of rotatable bonds is 7. The van der Waals surface area contributed by atoms with Gasteiger partial charge in [-0.25, -0.2) is 4.98 Å². The smallest absolute Gasteiger partial charge is 0.228 e. The Labute approximate surface area is 202 Å². The van der Waals surface area contributed by atoms with E-state index in [2.05, 4.69) is 104 Å². The molecule has 2 atom stereocenters. The van der Waals surface area contributed by atoms with E-state index in [0.29, 0.717) is 0 Å². The van der Waals surface area contributed by atoms with Gasteiger partial charge in [-0.15, -0.1) is 0 Å². The lowest BCUT2D eigenvalue weighted by Gasteiger charge is -2.47. The third-order valence-electron chi connectivity index (χ3n) is 9.60. The van der Waals surface area contributed by atoms with Crippen LogP contribution in [-0.2, 0) is 16.4 Å². The van der Waals surface area contributed by atoms with E-state index in [9.17, 15) is 0 Å². The molecule has 0 N–H and O–H groups in total. The molecular weight excluding hydrogens is 400 g/mol. The first kappa shape index (κ1) is 24.2. The van der Waals surface area contributed by atoms with Gasteiger partial charge in [-0.3, -0.25) is 0 Å². The molecule has 0 saturated heterocycles. The molecule has 0 bridgehead atoms. The van der Waals surface area contributed by atoms with E-state index in [0.717, 1.165) is 12.8 Å². The van der Waals surface area contributed by atoms with Gasteiger partial charge in [0.2, 0.25) is 5.69 Å². The number of fused-ring (bicyclic) bond motifs is 4. The Morgan fingerprint density at radius 1 is 0.909 bits per heavy atom. The minimum absolute atomic E-state index is 0.0133. The maximum atomic E-state index is 5.15. The fourth-order valence-corrected chi connectivity index (χ4v) is 6.81. The van der Waals surface area contributed by atoms with Crippen LogP contribution in [-0.4, -0.2) is 4.98 Å². The van der Waals surface area contributed by atoms with Crippen LogP contribution < -0.4 is 4.57 Å². The van der Waals surface area contributed by atoms with Gasteiger partial charge < -0.3 is 0 Å². The molecule has 1 aromatic carbocycles. The SMILES string of the molecule is CCCCCC(C)(C)c1c[n+]2c(cn1)C1=C(c3ccccc3C1(C)C)C(C)(CC)C2(C)CC. The van der Waals surface area contributed by atoms with Crippen molar-refractivity contribution >= 4 is 11.1 Å². The second-order valence-corrected chi connectivity index (χ2v) is 12.1. The second-order valence-electron chi connectivity index (χ2n) is 12.1. The van der Waals surface area contributed by atoms with Crippen molar-refractivity contribution in [1.82, 2.24) is 4.98 Å². The van der Waals surface area contributed by atoms with Crippen molar-refractivity contribution in [2.24, 2.45) is 5.41 Å². The highest BCUT2D eigenvalue weighted by molar-refractivity contribution is 6.02. The van der Waals surface area contributed by atoms with E-state index in [1.165, 1.54) is 53.8 Å². The van der Waals surface area contributed by atoms with E-state index in [1.807, 2.05) is 0 Å². The Bertz CT molecular complexity index is 1090. The van der Waals surface area contributed by atoms with Crippen LogP contribution in [0.4, 0.5) is 0 Å². The number of hydrogen-bond acceptors (Lipinski definition) is 1. The lowest BCUT2D eigenvalue weighted by atomic mass is 9.59. The molecule has 1 aliphatic heterocycles. The molecule has 1 aromatic heterocycles. The molecule has 2 heteroatoms. The van der Waals surface area contributed by atoms with E-state index in [4.69, 9.17) is 4.98 Å². The van der Waals surface area contributed by atoms with Gasteiger partial charge in [0.1, 0.15) is 5.69 Å². The molecule has 33 heavy (non-hydrogen) atoms. The highest BCUT2D eigenvalue weighted by Crippen LogP contribution is 2.63. The monoisotopic (exact) mass is 445 g/mol. The van der Waals surface area contributed by atoms with Crippen LogP contribution in [0, 0.1) is 5.41 Å². The van der Waals surface area contributed by atoms with Crippen LogP contribution in [0.3, 0.4) is 0 Å². The number of benzene rings is 1. The maximum Gasteiger partial charge on any atom is 0.228 e. The molecule has 2 unspecified atom stereocenters. The van der Waals surface area contributed by atoms with Gasteiger partial charge in [0.15, 0.2) is 11.7 Å². The van der Waals surface area contributed by atoms with Crippen LogP contribution in [0.25, 0.3) is 11.1 Å². The normalized spacial score (nSPS) is 25.6. The maximum absolute atomic E-state index is 5.15. The summed E-state index contributed by atoms with van der Waals surface area (Å²) in [5, 5.41) is 0. The van der Waals surface area contributed by atoms with Crippen LogP contribution in [0.1, 0.15) is 123 Å². The predicted molar refractivity (Wildman–Crippen MR) is 140 cm³/mol. The lowest BCUT2D eigenvalue weighted by molar-refractivity contribution is -0.779. The molecule has 2 nitrogen and oxygen atoms in total. The van der Waals surface area contributed by atoms with Gasteiger partial charge in [-0.1, -0.05) is 92.0 Å². The first-order valence-corrected chi connectivity index (χ1v) is 13.3. The highest BCUT2D eigenvalue weighted by atomic mass is 15.1. The Morgan fingerprint density at radius 3 is 2.24 bits per heavy atom. The van der Waals surface area contributed by atoms with E-state index in [1.54, 1.807) is 5.57 Å². The third kappa shape index (κ3) is 3.27. The van der Waals surface area contributed by atoms with E-state index in [-0.39, 0.29) is 21.8 Å². The van der Waals surface area contributed by atoms with Crippen molar-refractivity contribution in [1.29, 1.82) is 0 Å². The molecule has 0 saturated carbocycles. The lowest BCUT2D eigenvalue weighted by Crippen LogP contribution is -2.67. The summed E-state index contributed by atoms with van der Waals surface area (Å²) in [5.41, 5.74) is 8.60. The minimum Gasteiger partial charge on any atom is -0.248 e. The van der Waals surface area contributed by atoms with Gasteiger partial charge in [0, 0.05) is 29.7 Å². The van der Waals surface area contributed by atoms with Crippen molar-refractivity contribution in [2.75, 3.05) is 0 Å². The fraction of sp³-hybridized carbons (Fsp3) is 0.613. The van der Waals surface area contributed by atoms with Gasteiger partial charge in [0.25, 0.3) is 0 Å². The molecule has 2 aromatic rings. The Morgan fingerprint density at radius 2 is 1.61 bits per heavy atom. The standard InChI is InChI=1S/C31H45N2/c1-10-13-16-19-28(4,5)25-21-33-24(20-32-25)27-26(30(8,11-2)31(33,9)12-3)22-17-14-15-18-23(22)29(27,6)7/h14-15,17-18,20-21H,10-13,16,19H2,1-9H3/q+1. The van der Waals surface area contributed by atoms with E-state index < -0.39 is 0 Å².